The molecule has 0 aromatic rings. The Hall–Kier alpha value is -0.580. The molecule has 3 fully saturated rings. The Bertz CT molecular complexity index is 510. The van der Waals surface area contributed by atoms with Crippen molar-refractivity contribution in [3.8, 4) is 0 Å². The Balaban J connectivity index is 1.65. The minimum atomic E-state index is -2.88. The minimum absolute atomic E-state index is 0.0581. The van der Waals surface area contributed by atoms with Gasteiger partial charge in [0.25, 0.3) is 0 Å². The smallest absolute Gasteiger partial charge is 0.223 e. The van der Waals surface area contributed by atoms with Gasteiger partial charge in [-0.1, -0.05) is 32.1 Å². The highest BCUT2D eigenvalue weighted by Gasteiger charge is 2.35. The van der Waals surface area contributed by atoms with Crippen molar-refractivity contribution in [1.82, 2.24) is 4.90 Å². The molecule has 3 rings (SSSR count). The predicted molar refractivity (Wildman–Crippen MR) is 91.9 cm³/mol. The number of rotatable bonds is 3. The SMILES string of the molecule is O=C(CC1CCS(=O)(=O)C1)N1CCCCCC1C1CCCCC1. The van der Waals surface area contributed by atoms with Gasteiger partial charge >= 0.3 is 0 Å². The van der Waals surface area contributed by atoms with Crippen LogP contribution in [-0.2, 0) is 14.6 Å². The molecule has 1 amide bonds. The number of amides is 1. The molecule has 23 heavy (non-hydrogen) atoms. The predicted octanol–water partition coefficient (Wildman–Crippen LogP) is 3.16. The van der Waals surface area contributed by atoms with Crippen LogP contribution in [0.25, 0.3) is 0 Å². The summed E-state index contributed by atoms with van der Waals surface area (Å²) < 4.78 is 23.3. The molecule has 3 aliphatic rings. The standard InChI is InChI=1S/C18H31NO3S/c20-18(13-15-10-12-23(21,22)14-15)19-11-6-2-5-9-17(19)16-7-3-1-4-8-16/h15-17H,1-14H2. The topological polar surface area (TPSA) is 54.5 Å². The van der Waals surface area contributed by atoms with Crippen LogP contribution in [0, 0.1) is 11.8 Å². The fraction of sp³-hybridized carbons (Fsp3) is 0.944. The Kier molecular flexibility index (Phi) is 5.65. The zero-order valence-electron chi connectivity index (χ0n) is 14.2. The van der Waals surface area contributed by atoms with Crippen molar-refractivity contribution in [2.24, 2.45) is 11.8 Å². The highest BCUT2D eigenvalue weighted by Crippen LogP contribution is 2.34. The van der Waals surface area contributed by atoms with Crippen LogP contribution in [0.3, 0.4) is 0 Å². The fourth-order valence-electron chi connectivity index (χ4n) is 4.85. The van der Waals surface area contributed by atoms with Gasteiger partial charge in [0.2, 0.25) is 5.91 Å². The van der Waals surface area contributed by atoms with Gasteiger partial charge in [-0.05, 0) is 43.9 Å². The van der Waals surface area contributed by atoms with Gasteiger partial charge in [-0.25, -0.2) is 8.42 Å². The lowest BCUT2D eigenvalue weighted by Gasteiger charge is -2.38. The van der Waals surface area contributed by atoms with Crippen molar-refractivity contribution in [2.45, 2.75) is 76.7 Å². The maximum absolute atomic E-state index is 12.9. The first-order chi connectivity index (χ1) is 11.1. The third-order valence-corrected chi connectivity index (χ3v) is 7.94. The number of sulfone groups is 1. The summed E-state index contributed by atoms with van der Waals surface area (Å²) in [5.41, 5.74) is 0. The molecule has 5 heteroatoms. The first kappa shape index (κ1) is 17.2. The largest absolute Gasteiger partial charge is 0.339 e. The van der Waals surface area contributed by atoms with Gasteiger partial charge in [-0.2, -0.15) is 0 Å². The van der Waals surface area contributed by atoms with Crippen molar-refractivity contribution in [3.05, 3.63) is 0 Å². The van der Waals surface area contributed by atoms with Crippen LogP contribution < -0.4 is 0 Å². The maximum atomic E-state index is 12.9. The molecule has 2 atom stereocenters. The normalized spacial score (nSPS) is 32.6. The van der Waals surface area contributed by atoms with Crippen LogP contribution in [0.2, 0.25) is 0 Å². The summed E-state index contributed by atoms with van der Waals surface area (Å²) in [6, 6.07) is 0.420. The van der Waals surface area contributed by atoms with Crippen LogP contribution in [-0.4, -0.2) is 43.3 Å². The van der Waals surface area contributed by atoms with Crippen LogP contribution in [0.5, 0.6) is 0 Å². The van der Waals surface area contributed by atoms with Crippen molar-refractivity contribution in [2.75, 3.05) is 18.1 Å². The van der Waals surface area contributed by atoms with Crippen molar-refractivity contribution in [3.63, 3.8) is 0 Å². The highest BCUT2D eigenvalue weighted by molar-refractivity contribution is 7.91. The quantitative estimate of drug-likeness (QED) is 0.792. The van der Waals surface area contributed by atoms with E-state index in [-0.39, 0.29) is 23.3 Å². The molecule has 0 aromatic heterocycles. The number of hydrogen-bond donors (Lipinski definition) is 0. The summed E-state index contributed by atoms with van der Waals surface area (Å²) in [7, 11) is -2.88. The van der Waals surface area contributed by atoms with Crippen LogP contribution in [0.15, 0.2) is 0 Å². The Morgan fingerprint density at radius 1 is 0.913 bits per heavy atom. The van der Waals surface area contributed by atoms with Gasteiger partial charge in [0, 0.05) is 19.0 Å². The third kappa shape index (κ3) is 4.49. The molecule has 1 saturated carbocycles. The zero-order chi connectivity index (χ0) is 16.3. The molecular formula is C18H31NO3S. The van der Waals surface area contributed by atoms with Crippen molar-refractivity contribution >= 4 is 15.7 Å². The number of carbonyl (C=O) groups excluding carboxylic acids is 1. The molecule has 2 aliphatic heterocycles. The van der Waals surface area contributed by atoms with E-state index in [0.29, 0.717) is 24.8 Å². The zero-order valence-corrected chi connectivity index (χ0v) is 15.0. The van der Waals surface area contributed by atoms with Crippen LogP contribution in [0.1, 0.15) is 70.6 Å². The van der Waals surface area contributed by atoms with Gasteiger partial charge in [0.05, 0.1) is 11.5 Å². The number of hydrogen-bond acceptors (Lipinski definition) is 3. The van der Waals surface area contributed by atoms with Crippen LogP contribution >= 0.6 is 0 Å². The van der Waals surface area contributed by atoms with Crippen LogP contribution in [0.4, 0.5) is 0 Å². The van der Waals surface area contributed by atoms with E-state index in [2.05, 4.69) is 4.90 Å². The maximum Gasteiger partial charge on any atom is 0.223 e. The molecule has 0 spiro atoms. The second-order valence-electron chi connectivity index (χ2n) is 7.88. The fourth-order valence-corrected chi connectivity index (χ4v) is 6.71. The molecule has 132 valence electrons. The number of likely N-dealkylation sites (tertiary alicyclic amines) is 1. The average Bonchev–Trinajstić information content (AvgIpc) is 2.75. The van der Waals surface area contributed by atoms with E-state index in [1.165, 1.54) is 44.9 Å². The molecule has 0 N–H and O–H groups in total. The molecular weight excluding hydrogens is 310 g/mol. The van der Waals surface area contributed by atoms with Gasteiger partial charge < -0.3 is 4.90 Å². The second-order valence-corrected chi connectivity index (χ2v) is 10.1. The molecule has 2 heterocycles. The number of carbonyl (C=O) groups is 1. The first-order valence-corrected chi connectivity index (χ1v) is 11.4. The molecule has 2 unspecified atom stereocenters. The van der Waals surface area contributed by atoms with E-state index >= 15 is 0 Å². The third-order valence-electron chi connectivity index (χ3n) is 6.10. The minimum Gasteiger partial charge on any atom is -0.339 e. The molecule has 0 aromatic carbocycles. The molecule has 1 aliphatic carbocycles. The Morgan fingerprint density at radius 2 is 1.61 bits per heavy atom. The number of nitrogens with zero attached hydrogens (tertiary/aromatic N) is 1. The lowest BCUT2D eigenvalue weighted by atomic mass is 9.81. The summed E-state index contributed by atoms with van der Waals surface area (Å²) >= 11 is 0. The molecule has 4 nitrogen and oxygen atoms in total. The molecule has 2 saturated heterocycles. The van der Waals surface area contributed by atoms with E-state index in [0.717, 1.165) is 19.4 Å². The van der Waals surface area contributed by atoms with Gasteiger partial charge in [-0.3, -0.25) is 4.79 Å². The lowest BCUT2D eigenvalue weighted by Crippen LogP contribution is -2.45. The molecule has 0 radical (unpaired) electrons. The highest BCUT2D eigenvalue weighted by atomic mass is 32.2. The van der Waals surface area contributed by atoms with Gasteiger partial charge in [0.15, 0.2) is 9.84 Å². The van der Waals surface area contributed by atoms with E-state index in [1.54, 1.807) is 0 Å². The van der Waals surface area contributed by atoms with E-state index in [9.17, 15) is 13.2 Å². The second kappa shape index (κ2) is 7.54. The first-order valence-electron chi connectivity index (χ1n) is 9.55. The summed E-state index contributed by atoms with van der Waals surface area (Å²) in [4.78, 5) is 15.1. The van der Waals surface area contributed by atoms with E-state index in [4.69, 9.17) is 0 Å². The Labute approximate surface area is 140 Å². The summed E-state index contributed by atoms with van der Waals surface area (Å²) in [6.07, 6.45) is 12.4. The van der Waals surface area contributed by atoms with Crippen molar-refractivity contribution < 1.29 is 13.2 Å². The lowest BCUT2D eigenvalue weighted by molar-refractivity contribution is -0.135. The summed E-state index contributed by atoms with van der Waals surface area (Å²) in [5, 5.41) is 0. The van der Waals surface area contributed by atoms with Crippen molar-refractivity contribution in [1.29, 1.82) is 0 Å². The summed E-state index contributed by atoms with van der Waals surface area (Å²) in [6.45, 7) is 0.888. The molecule has 0 bridgehead atoms. The summed E-state index contributed by atoms with van der Waals surface area (Å²) in [5.74, 6) is 1.46. The van der Waals surface area contributed by atoms with Gasteiger partial charge in [0.1, 0.15) is 0 Å². The Morgan fingerprint density at radius 3 is 2.30 bits per heavy atom. The van der Waals surface area contributed by atoms with E-state index < -0.39 is 9.84 Å². The monoisotopic (exact) mass is 341 g/mol. The van der Waals surface area contributed by atoms with E-state index in [1.807, 2.05) is 0 Å². The average molecular weight is 342 g/mol. The van der Waals surface area contributed by atoms with Gasteiger partial charge in [-0.15, -0.1) is 0 Å².